The number of nitrogens with one attached hydrogen (secondary N) is 2. The number of hydrogen-bond acceptors (Lipinski definition) is 13. The Morgan fingerprint density at radius 3 is 2.40 bits per heavy atom. The number of piperidine rings is 2. The Hall–Kier alpha value is -7.11. The van der Waals surface area contributed by atoms with Gasteiger partial charge in [0.05, 0.1) is 46.8 Å². The topological polar surface area (TPSA) is 191 Å². The molecule has 63 heavy (non-hydrogen) atoms. The van der Waals surface area contributed by atoms with Crippen molar-refractivity contribution in [1.29, 1.82) is 5.26 Å². The molecule has 0 saturated carbocycles. The van der Waals surface area contributed by atoms with E-state index in [0.717, 1.165) is 86.7 Å². The molecule has 5 aliphatic rings. The van der Waals surface area contributed by atoms with E-state index in [9.17, 15) is 29.2 Å². The molecule has 0 radical (unpaired) electrons. The number of nitrogens with zero attached hydrogens (tertiary/aromatic N) is 10. The van der Waals surface area contributed by atoms with Crippen LogP contribution in [0.3, 0.4) is 0 Å². The van der Waals surface area contributed by atoms with E-state index in [1.54, 1.807) is 41.7 Å². The Bertz CT molecular complexity index is 2560. The van der Waals surface area contributed by atoms with Gasteiger partial charge in [-0.25, -0.2) is 14.8 Å². The Morgan fingerprint density at radius 1 is 0.905 bits per heavy atom. The number of hydrogen-bond donors (Lipinski definition) is 2. The van der Waals surface area contributed by atoms with Crippen molar-refractivity contribution in [2.75, 3.05) is 78.9 Å². The molecule has 4 fully saturated rings. The van der Waals surface area contributed by atoms with Crippen LogP contribution >= 0.6 is 0 Å². The van der Waals surface area contributed by atoms with Gasteiger partial charge in [-0.2, -0.15) is 5.26 Å². The lowest BCUT2D eigenvalue weighted by Crippen LogP contribution is -2.59. The summed E-state index contributed by atoms with van der Waals surface area (Å²) < 4.78 is 0. The van der Waals surface area contributed by atoms with Gasteiger partial charge in [0.1, 0.15) is 18.2 Å². The fraction of sp³-hybridized carbons (Fsp3) is 0.413. The van der Waals surface area contributed by atoms with Gasteiger partial charge >= 0.3 is 6.03 Å². The van der Waals surface area contributed by atoms with Crippen molar-refractivity contribution in [3.63, 3.8) is 0 Å². The first kappa shape index (κ1) is 41.3. The van der Waals surface area contributed by atoms with Crippen LogP contribution in [0.25, 0.3) is 10.9 Å². The molecular weight excluding hydrogens is 801 g/mol. The van der Waals surface area contributed by atoms with Gasteiger partial charge in [0.15, 0.2) is 0 Å². The average Bonchev–Trinajstić information content (AvgIpc) is 3.56. The molecule has 2 aromatic carbocycles. The second kappa shape index (κ2) is 17.3. The van der Waals surface area contributed by atoms with Gasteiger partial charge in [-0.3, -0.25) is 39.3 Å². The van der Waals surface area contributed by atoms with Gasteiger partial charge in [-0.05, 0) is 87.5 Å². The van der Waals surface area contributed by atoms with Crippen molar-refractivity contribution in [2.45, 2.75) is 57.2 Å². The Morgan fingerprint density at radius 2 is 1.67 bits per heavy atom. The van der Waals surface area contributed by atoms with Crippen molar-refractivity contribution in [1.82, 2.24) is 35.0 Å². The molecule has 9 rings (SSSR count). The molecule has 1 unspecified atom stereocenters. The fourth-order valence-electron chi connectivity index (χ4n) is 9.59. The molecule has 0 spiro atoms. The van der Waals surface area contributed by atoms with Crippen molar-refractivity contribution >= 4 is 63.6 Å². The molecule has 4 aromatic rings. The maximum atomic E-state index is 13.6. The number of nitriles is 1. The number of carbonyl (C=O) groups excluding carboxylic acids is 5. The number of aromatic nitrogens is 3. The molecule has 322 valence electrons. The largest absolute Gasteiger partial charge is 0.369 e. The highest BCUT2D eigenvalue weighted by atomic mass is 16.2. The minimum absolute atomic E-state index is 0.0577. The van der Waals surface area contributed by atoms with E-state index in [0.29, 0.717) is 47.3 Å². The van der Waals surface area contributed by atoms with Crippen LogP contribution in [-0.4, -0.2) is 136 Å². The third-order valence-corrected chi connectivity index (χ3v) is 13.2. The van der Waals surface area contributed by atoms with E-state index in [4.69, 9.17) is 6.42 Å². The summed E-state index contributed by atoms with van der Waals surface area (Å²) in [7, 11) is 0. The SMILES string of the molecule is C#C[C@@H]1CN(c2ccc(C#N)c3ncccc23)[C@@H](C)CN1C(=O)Nc1cnc(N2CCC(CCN3CCN(c4ccc5c(c4)C(=O)N(C4CCC(=O)NC4=O)C5=O)CC3)CC2)nc1. The molecule has 0 aliphatic carbocycles. The van der Waals surface area contributed by atoms with Crippen LogP contribution in [0.1, 0.15) is 65.3 Å². The van der Waals surface area contributed by atoms with E-state index in [1.165, 1.54) is 0 Å². The monoisotopic (exact) mass is 848 g/mol. The van der Waals surface area contributed by atoms with Gasteiger partial charge in [-0.15, -0.1) is 6.42 Å². The molecule has 17 nitrogen and oxygen atoms in total. The number of piperazine rings is 2. The Balaban J connectivity index is 0.718. The van der Waals surface area contributed by atoms with E-state index in [-0.39, 0.29) is 30.5 Å². The summed E-state index contributed by atoms with van der Waals surface area (Å²) in [6.07, 6.45) is 14.3. The molecule has 7 heterocycles. The predicted octanol–water partition coefficient (Wildman–Crippen LogP) is 3.47. The standard InChI is InChI=1S/C46H48N12O5/c1-3-33-28-56(38-9-6-31(24-47)41-36(38)5-4-15-48-41)29(2)27-57(33)46(63)51-32-25-49-45(50-26-32)55-17-13-30(14-18-55)12-16-53-19-21-54(22-20-53)34-7-8-35-37(23-34)44(62)58(43(35)61)39-10-11-40(59)52-42(39)60/h1,4-9,15,23,25-26,29-30,33,39H,10-14,16-22,27-28H2,2H3,(H,51,63)(H,52,59,60)/t29-,33+,39?/m0/s1. The first-order valence-corrected chi connectivity index (χ1v) is 21.6. The number of amides is 6. The van der Waals surface area contributed by atoms with Crippen molar-refractivity contribution in [3.05, 3.63) is 77.7 Å². The lowest BCUT2D eigenvalue weighted by Gasteiger charge is -2.44. The van der Waals surface area contributed by atoms with Gasteiger partial charge in [-0.1, -0.05) is 5.92 Å². The molecular formula is C46H48N12O5. The highest BCUT2D eigenvalue weighted by Crippen LogP contribution is 2.34. The van der Waals surface area contributed by atoms with Crippen molar-refractivity contribution in [3.8, 4) is 18.4 Å². The van der Waals surface area contributed by atoms with Gasteiger partial charge < -0.3 is 24.9 Å². The number of imide groups is 2. The summed E-state index contributed by atoms with van der Waals surface area (Å²) in [4.78, 5) is 89.5. The molecule has 2 N–H and O–H groups in total. The first-order chi connectivity index (χ1) is 30.6. The summed E-state index contributed by atoms with van der Waals surface area (Å²) in [5.41, 5.74) is 4.02. The third kappa shape index (κ3) is 8.08. The number of fused-ring (bicyclic) bond motifs is 2. The Kier molecular flexibility index (Phi) is 11.4. The van der Waals surface area contributed by atoms with Crippen LogP contribution in [0.2, 0.25) is 0 Å². The van der Waals surface area contributed by atoms with E-state index in [2.05, 4.69) is 57.2 Å². The summed E-state index contributed by atoms with van der Waals surface area (Å²) in [5, 5.41) is 15.7. The maximum Gasteiger partial charge on any atom is 0.323 e. The second-order valence-electron chi connectivity index (χ2n) is 16.9. The third-order valence-electron chi connectivity index (χ3n) is 13.2. The minimum Gasteiger partial charge on any atom is -0.369 e. The van der Waals surface area contributed by atoms with Crippen LogP contribution in [-0.2, 0) is 9.59 Å². The van der Waals surface area contributed by atoms with E-state index in [1.807, 2.05) is 31.2 Å². The van der Waals surface area contributed by atoms with Crippen LogP contribution < -0.4 is 25.3 Å². The molecule has 17 heteroatoms. The average molecular weight is 849 g/mol. The van der Waals surface area contributed by atoms with Gasteiger partial charge in [0.2, 0.25) is 17.8 Å². The van der Waals surface area contributed by atoms with E-state index < -0.39 is 35.7 Å². The number of terminal acetylenes is 1. The van der Waals surface area contributed by atoms with Crippen LogP contribution in [0.15, 0.2) is 61.1 Å². The van der Waals surface area contributed by atoms with Crippen molar-refractivity contribution < 1.29 is 24.0 Å². The van der Waals surface area contributed by atoms with Crippen LogP contribution in [0, 0.1) is 29.6 Å². The highest BCUT2D eigenvalue weighted by molar-refractivity contribution is 6.23. The minimum atomic E-state index is -0.979. The summed E-state index contributed by atoms with van der Waals surface area (Å²) in [6, 6.07) is 13.2. The van der Waals surface area contributed by atoms with Crippen LogP contribution in [0.4, 0.5) is 27.8 Å². The quantitative estimate of drug-likeness (QED) is 0.194. The Labute approximate surface area is 365 Å². The highest BCUT2D eigenvalue weighted by Gasteiger charge is 2.45. The van der Waals surface area contributed by atoms with Crippen LogP contribution in [0.5, 0.6) is 0 Å². The zero-order valence-electron chi connectivity index (χ0n) is 35.1. The summed E-state index contributed by atoms with van der Waals surface area (Å²) in [5.74, 6) is 2.03. The smallest absolute Gasteiger partial charge is 0.323 e. The molecule has 3 atom stereocenters. The van der Waals surface area contributed by atoms with Gasteiger partial charge in [0, 0.05) is 81.2 Å². The number of urea groups is 1. The molecule has 6 amide bonds. The predicted molar refractivity (Wildman–Crippen MR) is 235 cm³/mol. The number of carbonyl (C=O) groups is 5. The number of benzene rings is 2. The molecule has 0 bridgehead atoms. The van der Waals surface area contributed by atoms with Gasteiger partial charge in [0.25, 0.3) is 11.8 Å². The van der Waals surface area contributed by atoms with Crippen molar-refractivity contribution in [2.24, 2.45) is 5.92 Å². The number of pyridine rings is 1. The van der Waals surface area contributed by atoms with E-state index >= 15 is 0 Å². The second-order valence-corrected chi connectivity index (χ2v) is 16.9. The normalized spacial score (nSPS) is 22.2. The summed E-state index contributed by atoms with van der Waals surface area (Å²) >= 11 is 0. The lowest BCUT2D eigenvalue weighted by atomic mass is 9.93. The maximum absolute atomic E-state index is 13.6. The lowest BCUT2D eigenvalue weighted by molar-refractivity contribution is -0.136. The number of rotatable bonds is 8. The fourth-order valence-corrected chi connectivity index (χ4v) is 9.59. The first-order valence-electron chi connectivity index (χ1n) is 21.6. The molecule has 2 aromatic heterocycles. The number of anilines is 4. The summed E-state index contributed by atoms with van der Waals surface area (Å²) in [6.45, 7) is 8.91. The molecule has 4 saturated heterocycles. The zero-order valence-corrected chi connectivity index (χ0v) is 35.1. The zero-order chi connectivity index (χ0) is 43.8. The molecule has 5 aliphatic heterocycles.